The molecule has 0 saturated heterocycles. The number of hydrogen-bond acceptors (Lipinski definition) is 4. The zero-order valence-corrected chi connectivity index (χ0v) is 14.5. The number of fused-ring (bicyclic) bond motifs is 1. The molecular weight excluding hydrogens is 336 g/mol. The Hall–Kier alpha value is -2.70. The fourth-order valence-electron chi connectivity index (χ4n) is 2.60. The maximum absolute atomic E-state index is 12.4. The van der Waals surface area contributed by atoms with Crippen molar-refractivity contribution in [2.24, 2.45) is 0 Å². The van der Waals surface area contributed by atoms with Gasteiger partial charge in [-0.25, -0.2) is 5.48 Å². The molecule has 1 heterocycles. The number of carbonyl (C=O) groups is 2. The molecule has 3 aromatic rings. The minimum atomic E-state index is -0.532. The van der Waals surface area contributed by atoms with Crippen LogP contribution < -0.4 is 10.4 Å². The predicted molar refractivity (Wildman–Crippen MR) is 99.3 cm³/mol. The lowest BCUT2D eigenvalue weighted by Gasteiger charge is -2.17. The molecule has 1 aromatic heterocycles. The fourth-order valence-corrected chi connectivity index (χ4v) is 3.59. The van der Waals surface area contributed by atoms with Crippen LogP contribution in [0.4, 0.5) is 5.69 Å². The summed E-state index contributed by atoms with van der Waals surface area (Å²) in [5.74, 6) is -0.497. The number of nitrogens with one attached hydrogen (secondary N) is 1. The number of benzene rings is 2. The highest BCUT2D eigenvalue weighted by molar-refractivity contribution is 7.20. The Morgan fingerprint density at radius 1 is 1.12 bits per heavy atom. The SMILES string of the molecule is CN(C(=O)CCc1ccccc1)c1ccc2cc(C(=O)NO)sc2c1. The Bertz CT molecular complexity index is 905. The van der Waals surface area contributed by atoms with Crippen LogP contribution in [-0.4, -0.2) is 24.1 Å². The first-order chi connectivity index (χ1) is 12.1. The number of thiophene rings is 1. The first kappa shape index (κ1) is 17.1. The Labute approximate surface area is 149 Å². The highest BCUT2D eigenvalue weighted by atomic mass is 32.1. The first-order valence-corrected chi connectivity index (χ1v) is 8.68. The van der Waals surface area contributed by atoms with E-state index in [9.17, 15) is 9.59 Å². The molecule has 0 unspecified atom stereocenters. The van der Waals surface area contributed by atoms with Gasteiger partial charge >= 0.3 is 0 Å². The van der Waals surface area contributed by atoms with Gasteiger partial charge in [-0.05, 0) is 35.6 Å². The highest BCUT2D eigenvalue weighted by Crippen LogP contribution is 2.29. The second-order valence-corrected chi connectivity index (χ2v) is 6.80. The van der Waals surface area contributed by atoms with Crippen molar-refractivity contribution < 1.29 is 14.8 Å². The van der Waals surface area contributed by atoms with E-state index in [-0.39, 0.29) is 5.91 Å². The lowest BCUT2D eigenvalue weighted by Crippen LogP contribution is -2.26. The van der Waals surface area contributed by atoms with Gasteiger partial charge in [-0.2, -0.15) is 0 Å². The summed E-state index contributed by atoms with van der Waals surface area (Å²) in [4.78, 5) is 26.0. The normalized spacial score (nSPS) is 10.6. The Morgan fingerprint density at radius 2 is 1.88 bits per heavy atom. The Morgan fingerprint density at radius 3 is 2.60 bits per heavy atom. The zero-order valence-electron chi connectivity index (χ0n) is 13.7. The Balaban J connectivity index is 1.73. The number of hydroxylamine groups is 1. The summed E-state index contributed by atoms with van der Waals surface area (Å²) in [6.45, 7) is 0. The van der Waals surface area contributed by atoms with Crippen LogP contribution in [-0.2, 0) is 11.2 Å². The van der Waals surface area contributed by atoms with Crippen molar-refractivity contribution >= 4 is 38.9 Å². The molecule has 0 aliphatic carbocycles. The molecule has 2 aromatic carbocycles. The largest absolute Gasteiger partial charge is 0.315 e. The van der Waals surface area contributed by atoms with E-state index in [1.54, 1.807) is 23.5 Å². The maximum atomic E-state index is 12.4. The summed E-state index contributed by atoms with van der Waals surface area (Å²) in [5.41, 5.74) is 3.55. The number of aryl methyl sites for hydroxylation is 1. The number of rotatable bonds is 5. The standard InChI is InChI=1S/C19H18N2O3S/c1-21(18(22)10-7-13-5-3-2-4-6-13)15-9-8-14-11-17(19(23)20-24)25-16(14)12-15/h2-6,8-9,11-12,24H,7,10H2,1H3,(H,20,23). The van der Waals surface area contributed by atoms with E-state index in [0.29, 0.717) is 17.7 Å². The summed E-state index contributed by atoms with van der Waals surface area (Å²) < 4.78 is 0.888. The molecular formula is C19H18N2O3S. The smallest absolute Gasteiger partial charge is 0.284 e. The van der Waals surface area contributed by atoms with Gasteiger partial charge in [-0.15, -0.1) is 11.3 Å². The predicted octanol–water partition coefficient (Wildman–Crippen LogP) is 3.62. The Kier molecular flexibility index (Phi) is 5.11. The van der Waals surface area contributed by atoms with Crippen molar-refractivity contribution in [3.05, 3.63) is 65.0 Å². The summed E-state index contributed by atoms with van der Waals surface area (Å²) in [6, 6.07) is 17.2. The van der Waals surface area contributed by atoms with Crippen LogP contribution in [0, 0.1) is 0 Å². The molecule has 0 spiro atoms. The second kappa shape index (κ2) is 7.46. The van der Waals surface area contributed by atoms with E-state index in [4.69, 9.17) is 5.21 Å². The molecule has 0 saturated carbocycles. The third-order valence-electron chi connectivity index (χ3n) is 4.06. The number of carbonyl (C=O) groups excluding carboxylic acids is 2. The van der Waals surface area contributed by atoms with Crippen LogP contribution in [0.15, 0.2) is 54.6 Å². The van der Waals surface area contributed by atoms with E-state index in [0.717, 1.165) is 21.3 Å². The number of amides is 2. The quantitative estimate of drug-likeness (QED) is 0.543. The lowest BCUT2D eigenvalue weighted by molar-refractivity contribution is -0.118. The van der Waals surface area contributed by atoms with Gasteiger partial charge in [0, 0.05) is 23.9 Å². The van der Waals surface area contributed by atoms with Gasteiger partial charge in [0.1, 0.15) is 0 Å². The molecule has 0 aliphatic rings. The van der Waals surface area contributed by atoms with Crippen LogP contribution in [0.5, 0.6) is 0 Å². The van der Waals surface area contributed by atoms with Crippen LogP contribution in [0.1, 0.15) is 21.7 Å². The van der Waals surface area contributed by atoms with Crippen molar-refractivity contribution in [1.82, 2.24) is 5.48 Å². The fraction of sp³-hybridized carbons (Fsp3) is 0.158. The van der Waals surface area contributed by atoms with Crippen LogP contribution in [0.2, 0.25) is 0 Å². The molecule has 128 valence electrons. The first-order valence-electron chi connectivity index (χ1n) is 7.87. The van der Waals surface area contributed by atoms with Gasteiger partial charge in [0.05, 0.1) is 4.88 Å². The molecule has 6 heteroatoms. The molecule has 0 radical (unpaired) electrons. The van der Waals surface area contributed by atoms with Crippen molar-refractivity contribution in [3.63, 3.8) is 0 Å². The van der Waals surface area contributed by atoms with Gasteiger partial charge < -0.3 is 4.90 Å². The van der Waals surface area contributed by atoms with E-state index < -0.39 is 5.91 Å². The number of hydrogen-bond donors (Lipinski definition) is 2. The molecule has 2 amide bonds. The van der Waals surface area contributed by atoms with E-state index in [2.05, 4.69) is 0 Å². The number of nitrogens with zero attached hydrogens (tertiary/aromatic N) is 1. The summed E-state index contributed by atoms with van der Waals surface area (Å²) in [6.07, 6.45) is 1.13. The maximum Gasteiger partial charge on any atom is 0.284 e. The van der Waals surface area contributed by atoms with Crippen molar-refractivity contribution in [1.29, 1.82) is 0 Å². The van der Waals surface area contributed by atoms with E-state index in [1.807, 2.05) is 48.5 Å². The average molecular weight is 354 g/mol. The van der Waals surface area contributed by atoms with Crippen molar-refractivity contribution in [2.45, 2.75) is 12.8 Å². The van der Waals surface area contributed by atoms with Crippen LogP contribution in [0.25, 0.3) is 10.1 Å². The summed E-state index contributed by atoms with van der Waals surface area (Å²) in [5, 5.41) is 9.64. The minimum absolute atomic E-state index is 0.0353. The van der Waals surface area contributed by atoms with Gasteiger partial charge in [0.25, 0.3) is 5.91 Å². The van der Waals surface area contributed by atoms with Gasteiger partial charge in [0.2, 0.25) is 5.91 Å². The van der Waals surface area contributed by atoms with Gasteiger partial charge in [-0.1, -0.05) is 36.4 Å². The van der Waals surface area contributed by atoms with Crippen LogP contribution in [0.3, 0.4) is 0 Å². The molecule has 25 heavy (non-hydrogen) atoms. The molecule has 5 nitrogen and oxygen atoms in total. The third kappa shape index (κ3) is 3.87. The summed E-state index contributed by atoms with van der Waals surface area (Å²) >= 11 is 1.27. The molecule has 0 bridgehead atoms. The van der Waals surface area contributed by atoms with Crippen LogP contribution >= 0.6 is 11.3 Å². The van der Waals surface area contributed by atoms with Crippen molar-refractivity contribution in [2.75, 3.05) is 11.9 Å². The third-order valence-corrected chi connectivity index (χ3v) is 5.16. The monoisotopic (exact) mass is 354 g/mol. The van der Waals surface area contributed by atoms with E-state index >= 15 is 0 Å². The topological polar surface area (TPSA) is 69.6 Å². The second-order valence-electron chi connectivity index (χ2n) is 5.71. The minimum Gasteiger partial charge on any atom is -0.315 e. The van der Waals surface area contributed by atoms with Gasteiger partial charge in [-0.3, -0.25) is 14.8 Å². The highest BCUT2D eigenvalue weighted by Gasteiger charge is 2.14. The lowest BCUT2D eigenvalue weighted by atomic mass is 10.1. The zero-order chi connectivity index (χ0) is 17.8. The number of anilines is 1. The molecule has 3 rings (SSSR count). The molecule has 0 atom stereocenters. The molecule has 2 N–H and O–H groups in total. The molecule has 0 fully saturated rings. The van der Waals surface area contributed by atoms with Crippen molar-refractivity contribution in [3.8, 4) is 0 Å². The van der Waals surface area contributed by atoms with E-state index in [1.165, 1.54) is 11.3 Å². The molecule has 0 aliphatic heterocycles. The summed E-state index contributed by atoms with van der Waals surface area (Å²) in [7, 11) is 1.75. The average Bonchev–Trinajstić information content (AvgIpc) is 3.09. The van der Waals surface area contributed by atoms with Gasteiger partial charge in [0.15, 0.2) is 0 Å².